The summed E-state index contributed by atoms with van der Waals surface area (Å²) in [5.41, 5.74) is 1.33. The topological polar surface area (TPSA) is 79.4 Å². The fraction of sp³-hybridized carbons (Fsp3) is 0.333. The highest BCUT2D eigenvalue weighted by Crippen LogP contribution is 2.31. The molecule has 3 rings (SSSR count). The van der Waals surface area contributed by atoms with Crippen LogP contribution in [-0.4, -0.2) is 37.7 Å². The van der Waals surface area contributed by atoms with Crippen LogP contribution >= 0.6 is 27.3 Å². The summed E-state index contributed by atoms with van der Waals surface area (Å²) in [6, 6.07) is 4.51. The van der Waals surface area contributed by atoms with Gasteiger partial charge in [0.25, 0.3) is 5.91 Å². The van der Waals surface area contributed by atoms with Crippen LogP contribution < -0.4 is 5.32 Å². The average Bonchev–Trinajstić information content (AvgIpc) is 3.08. The van der Waals surface area contributed by atoms with Gasteiger partial charge in [-0.1, -0.05) is 0 Å². The standard InChI is InChI=1S/C15H16BrN3O3S2/c1-19(2)24(21,22)13-8-9(6-7-10(13)16)14(20)18-15-17-11-4-3-5-12(11)23-15/h6-8H,3-5H2,1-2H3,(H,17,18,20). The molecule has 1 N–H and O–H groups in total. The van der Waals surface area contributed by atoms with Crippen LogP contribution in [0.4, 0.5) is 5.13 Å². The van der Waals surface area contributed by atoms with E-state index in [1.165, 1.54) is 36.4 Å². The third-order valence-electron chi connectivity index (χ3n) is 3.77. The Hall–Kier alpha value is -1.29. The summed E-state index contributed by atoms with van der Waals surface area (Å²) < 4.78 is 26.2. The first-order chi connectivity index (χ1) is 11.3. The molecule has 1 heterocycles. The number of halogens is 1. The zero-order chi connectivity index (χ0) is 17.5. The first-order valence-corrected chi connectivity index (χ1v) is 10.4. The molecule has 0 saturated carbocycles. The second-order valence-electron chi connectivity index (χ2n) is 5.63. The molecule has 0 saturated heterocycles. The van der Waals surface area contributed by atoms with Crippen LogP contribution in [0.25, 0.3) is 0 Å². The van der Waals surface area contributed by atoms with Gasteiger partial charge in [0.05, 0.1) is 10.6 Å². The van der Waals surface area contributed by atoms with Crippen LogP contribution in [0.2, 0.25) is 0 Å². The van der Waals surface area contributed by atoms with E-state index < -0.39 is 10.0 Å². The molecule has 24 heavy (non-hydrogen) atoms. The van der Waals surface area contributed by atoms with Gasteiger partial charge in [0.1, 0.15) is 0 Å². The van der Waals surface area contributed by atoms with Crippen molar-refractivity contribution in [2.45, 2.75) is 24.2 Å². The highest BCUT2D eigenvalue weighted by atomic mass is 79.9. The van der Waals surface area contributed by atoms with Crippen molar-refractivity contribution in [3.63, 3.8) is 0 Å². The Bertz CT molecular complexity index is 885. The molecule has 6 nitrogen and oxygen atoms in total. The summed E-state index contributed by atoms with van der Waals surface area (Å²) in [5, 5.41) is 3.32. The van der Waals surface area contributed by atoms with Gasteiger partial charge in [-0.25, -0.2) is 17.7 Å². The molecule has 0 unspecified atom stereocenters. The lowest BCUT2D eigenvalue weighted by Crippen LogP contribution is -2.23. The Morgan fingerprint density at radius 3 is 2.75 bits per heavy atom. The Morgan fingerprint density at radius 1 is 1.33 bits per heavy atom. The van der Waals surface area contributed by atoms with Gasteiger partial charge < -0.3 is 0 Å². The van der Waals surface area contributed by atoms with Crippen LogP contribution in [0.3, 0.4) is 0 Å². The molecule has 1 aromatic carbocycles. The Morgan fingerprint density at radius 2 is 2.08 bits per heavy atom. The number of rotatable bonds is 4. The van der Waals surface area contributed by atoms with Crippen LogP contribution in [0.15, 0.2) is 27.6 Å². The highest BCUT2D eigenvalue weighted by molar-refractivity contribution is 9.10. The molecule has 1 aliphatic carbocycles. The van der Waals surface area contributed by atoms with Crippen molar-refractivity contribution < 1.29 is 13.2 Å². The van der Waals surface area contributed by atoms with Crippen LogP contribution in [0.5, 0.6) is 0 Å². The van der Waals surface area contributed by atoms with Gasteiger partial charge in [-0.15, -0.1) is 11.3 Å². The van der Waals surface area contributed by atoms with Crippen molar-refractivity contribution in [3.8, 4) is 0 Å². The minimum absolute atomic E-state index is 0.0572. The number of hydrogen-bond acceptors (Lipinski definition) is 5. The molecule has 0 atom stereocenters. The third-order valence-corrected chi connectivity index (χ3v) is 7.65. The van der Waals surface area contributed by atoms with Crippen molar-refractivity contribution in [2.24, 2.45) is 0 Å². The Kier molecular flexibility index (Phi) is 4.78. The zero-order valence-electron chi connectivity index (χ0n) is 13.2. The summed E-state index contributed by atoms with van der Waals surface area (Å²) in [6.07, 6.45) is 3.07. The number of fused-ring (bicyclic) bond motifs is 1. The van der Waals surface area contributed by atoms with E-state index in [0.29, 0.717) is 9.60 Å². The Labute approximate surface area is 153 Å². The molecule has 1 aliphatic rings. The van der Waals surface area contributed by atoms with E-state index in [1.54, 1.807) is 12.1 Å². The molecule has 0 fully saturated rings. The number of amides is 1. The van der Waals surface area contributed by atoms with Gasteiger partial charge in [0.2, 0.25) is 10.0 Å². The molecular formula is C15H16BrN3O3S2. The van der Waals surface area contributed by atoms with Crippen molar-refractivity contribution in [3.05, 3.63) is 38.8 Å². The van der Waals surface area contributed by atoms with Crippen molar-refractivity contribution >= 4 is 48.3 Å². The highest BCUT2D eigenvalue weighted by Gasteiger charge is 2.23. The zero-order valence-corrected chi connectivity index (χ0v) is 16.4. The van der Waals surface area contributed by atoms with E-state index in [1.807, 2.05) is 0 Å². The quantitative estimate of drug-likeness (QED) is 0.809. The number of aromatic nitrogens is 1. The molecule has 2 aromatic rings. The molecule has 128 valence electrons. The number of nitrogens with one attached hydrogen (secondary N) is 1. The maximum Gasteiger partial charge on any atom is 0.257 e. The molecule has 0 bridgehead atoms. The largest absolute Gasteiger partial charge is 0.298 e. The van der Waals surface area contributed by atoms with Crippen molar-refractivity contribution in [1.82, 2.24) is 9.29 Å². The molecule has 0 aliphatic heterocycles. The number of hydrogen-bond donors (Lipinski definition) is 1. The van der Waals surface area contributed by atoms with E-state index >= 15 is 0 Å². The van der Waals surface area contributed by atoms with E-state index in [4.69, 9.17) is 0 Å². The van der Waals surface area contributed by atoms with E-state index in [9.17, 15) is 13.2 Å². The van der Waals surface area contributed by atoms with Gasteiger partial charge in [0, 0.05) is 29.0 Å². The Balaban J connectivity index is 1.87. The first kappa shape index (κ1) is 17.5. The van der Waals surface area contributed by atoms with Crippen LogP contribution in [-0.2, 0) is 22.9 Å². The summed E-state index contributed by atoms with van der Waals surface area (Å²) in [4.78, 5) is 18.1. The van der Waals surface area contributed by atoms with E-state index in [2.05, 4.69) is 26.2 Å². The second kappa shape index (κ2) is 6.55. The maximum absolute atomic E-state index is 12.4. The van der Waals surface area contributed by atoms with Crippen molar-refractivity contribution in [2.75, 3.05) is 19.4 Å². The average molecular weight is 430 g/mol. The molecule has 1 aromatic heterocycles. The summed E-state index contributed by atoms with van der Waals surface area (Å²) in [5.74, 6) is -0.370. The van der Waals surface area contributed by atoms with E-state index in [-0.39, 0.29) is 16.4 Å². The minimum atomic E-state index is -3.64. The smallest absolute Gasteiger partial charge is 0.257 e. The first-order valence-electron chi connectivity index (χ1n) is 7.31. The number of carbonyl (C=O) groups excluding carboxylic acids is 1. The summed E-state index contributed by atoms with van der Waals surface area (Å²) in [6.45, 7) is 0. The van der Waals surface area contributed by atoms with Crippen LogP contribution in [0, 0.1) is 0 Å². The minimum Gasteiger partial charge on any atom is -0.298 e. The third kappa shape index (κ3) is 3.26. The van der Waals surface area contributed by atoms with Gasteiger partial charge in [0.15, 0.2) is 5.13 Å². The number of nitrogens with zero attached hydrogens (tertiary/aromatic N) is 2. The van der Waals surface area contributed by atoms with Crippen molar-refractivity contribution in [1.29, 1.82) is 0 Å². The molecule has 0 radical (unpaired) electrons. The fourth-order valence-electron chi connectivity index (χ4n) is 2.45. The SMILES string of the molecule is CN(C)S(=O)(=O)c1cc(C(=O)Nc2nc3c(s2)CCC3)ccc1Br. The summed E-state index contributed by atoms with van der Waals surface area (Å²) >= 11 is 4.72. The predicted octanol–water partition coefficient (Wildman–Crippen LogP) is 2.90. The fourth-order valence-corrected chi connectivity index (χ4v) is 5.34. The molecule has 0 spiro atoms. The van der Waals surface area contributed by atoms with Crippen LogP contribution in [0.1, 0.15) is 27.3 Å². The number of benzene rings is 1. The number of anilines is 1. The molecule has 9 heteroatoms. The lowest BCUT2D eigenvalue weighted by molar-refractivity contribution is 0.102. The number of aryl methyl sites for hydroxylation is 2. The van der Waals surface area contributed by atoms with Gasteiger partial charge in [-0.3, -0.25) is 10.1 Å². The molecule has 1 amide bonds. The van der Waals surface area contributed by atoms with Gasteiger partial charge in [-0.2, -0.15) is 0 Å². The monoisotopic (exact) mass is 429 g/mol. The molecular weight excluding hydrogens is 414 g/mol. The van der Waals surface area contributed by atoms with E-state index in [0.717, 1.165) is 29.3 Å². The number of thiazole rings is 1. The number of sulfonamides is 1. The predicted molar refractivity (Wildman–Crippen MR) is 97.1 cm³/mol. The second-order valence-corrected chi connectivity index (χ2v) is 9.69. The maximum atomic E-state index is 12.4. The normalized spacial score (nSPS) is 14.0. The van der Waals surface area contributed by atoms with Gasteiger partial charge >= 0.3 is 0 Å². The summed E-state index contributed by atoms with van der Waals surface area (Å²) in [7, 11) is -0.740. The lowest BCUT2D eigenvalue weighted by Gasteiger charge is -2.13. The number of carbonyl (C=O) groups is 1. The lowest BCUT2D eigenvalue weighted by atomic mass is 10.2. The van der Waals surface area contributed by atoms with Gasteiger partial charge in [-0.05, 0) is 53.4 Å².